The van der Waals surface area contributed by atoms with Crippen molar-refractivity contribution < 1.29 is 14.3 Å². The molecule has 6 nitrogen and oxygen atoms in total. The number of aromatic nitrogens is 1. The standard InChI is InChI=1S/C23H19N3O3/c1-11-17-14-10-16(29-3)19-18-13(8-9-24-19)12-6-4-5-7-15(12)26(20(14)18)23(11,2)22(28)25-21(17)27/h4-11,17H,1-3H3,(H,25,27,28)/t11-,17+,23+/m0/s1. The maximum atomic E-state index is 13.2. The number of fused-ring (bicyclic) bond motifs is 7. The zero-order valence-corrected chi connectivity index (χ0v) is 16.3. The molecule has 2 amide bonds. The predicted octanol–water partition coefficient (Wildman–Crippen LogP) is 3.51. The van der Waals surface area contributed by atoms with E-state index in [1.807, 2.05) is 44.2 Å². The molecule has 29 heavy (non-hydrogen) atoms. The molecule has 0 saturated carbocycles. The Bertz CT molecular complexity index is 1270. The van der Waals surface area contributed by atoms with E-state index < -0.39 is 11.5 Å². The number of para-hydroxylation sites is 1. The van der Waals surface area contributed by atoms with E-state index in [4.69, 9.17) is 4.74 Å². The van der Waals surface area contributed by atoms with Crippen molar-refractivity contribution in [1.29, 1.82) is 0 Å². The minimum atomic E-state index is -0.892. The highest BCUT2D eigenvalue weighted by molar-refractivity contribution is 6.19. The van der Waals surface area contributed by atoms with Crippen molar-refractivity contribution in [2.75, 3.05) is 12.0 Å². The monoisotopic (exact) mass is 385 g/mol. The summed E-state index contributed by atoms with van der Waals surface area (Å²) >= 11 is 0. The van der Waals surface area contributed by atoms with Crippen molar-refractivity contribution in [1.82, 2.24) is 10.3 Å². The van der Waals surface area contributed by atoms with E-state index >= 15 is 0 Å². The van der Waals surface area contributed by atoms with E-state index in [1.54, 1.807) is 13.3 Å². The molecule has 1 aromatic heterocycles. The van der Waals surface area contributed by atoms with E-state index in [9.17, 15) is 9.59 Å². The molecule has 3 aromatic rings. The summed E-state index contributed by atoms with van der Waals surface area (Å²) in [6, 6.07) is 12.0. The maximum absolute atomic E-state index is 13.2. The average molecular weight is 385 g/mol. The molecular weight excluding hydrogens is 366 g/mol. The van der Waals surface area contributed by atoms with Gasteiger partial charge in [-0.05, 0) is 36.2 Å². The first-order valence-corrected chi connectivity index (χ1v) is 9.73. The number of nitrogens with zero attached hydrogens (tertiary/aromatic N) is 2. The molecule has 1 fully saturated rings. The van der Waals surface area contributed by atoms with Crippen LogP contribution < -0.4 is 15.0 Å². The summed E-state index contributed by atoms with van der Waals surface area (Å²) < 4.78 is 5.67. The Morgan fingerprint density at radius 1 is 1.17 bits per heavy atom. The SMILES string of the molecule is COc1cc2c3c4c(ccnc14)-c1ccccc1N3[C@@]1(C)C(=O)NC(=O)[C@@H]2[C@@H]1C. The number of amides is 2. The van der Waals surface area contributed by atoms with Crippen molar-refractivity contribution in [3.8, 4) is 16.9 Å². The number of carbonyl (C=O) groups excluding carboxylic acids is 2. The third-order valence-corrected chi connectivity index (χ3v) is 7.02. The number of piperidine rings is 1. The molecule has 3 aliphatic heterocycles. The van der Waals surface area contributed by atoms with Gasteiger partial charge in [0.2, 0.25) is 5.91 Å². The second kappa shape index (κ2) is 5.14. The summed E-state index contributed by atoms with van der Waals surface area (Å²) in [5.41, 5.74) is 4.69. The van der Waals surface area contributed by atoms with Crippen LogP contribution in [-0.2, 0) is 9.59 Å². The maximum Gasteiger partial charge on any atom is 0.252 e. The lowest BCUT2D eigenvalue weighted by atomic mass is 9.65. The highest BCUT2D eigenvalue weighted by Gasteiger charge is 2.60. The van der Waals surface area contributed by atoms with Gasteiger partial charge < -0.3 is 9.64 Å². The van der Waals surface area contributed by atoms with Crippen molar-refractivity contribution in [2.45, 2.75) is 25.3 Å². The van der Waals surface area contributed by atoms with Crippen LogP contribution in [0.3, 0.4) is 0 Å². The Morgan fingerprint density at radius 2 is 1.97 bits per heavy atom. The first-order chi connectivity index (χ1) is 14.0. The van der Waals surface area contributed by atoms with Gasteiger partial charge in [0.05, 0.1) is 24.4 Å². The number of nitrogens with one attached hydrogen (secondary N) is 1. The van der Waals surface area contributed by atoms with Crippen LogP contribution >= 0.6 is 0 Å². The number of benzene rings is 2. The summed E-state index contributed by atoms with van der Waals surface area (Å²) in [5.74, 6) is -0.504. The predicted molar refractivity (Wildman–Crippen MR) is 109 cm³/mol. The number of ether oxygens (including phenoxy) is 1. The Labute approximate surface area is 167 Å². The number of pyridine rings is 1. The molecule has 6 rings (SSSR count). The molecule has 144 valence electrons. The lowest BCUT2D eigenvalue weighted by Crippen LogP contribution is -2.69. The van der Waals surface area contributed by atoms with Crippen LogP contribution in [0.25, 0.3) is 22.0 Å². The largest absolute Gasteiger partial charge is 0.494 e. The molecule has 3 aliphatic rings. The topological polar surface area (TPSA) is 71.5 Å². The molecule has 1 N–H and O–H groups in total. The summed E-state index contributed by atoms with van der Waals surface area (Å²) in [6.07, 6.45) is 1.78. The lowest BCUT2D eigenvalue weighted by Gasteiger charge is -2.56. The molecule has 3 atom stereocenters. The number of imide groups is 1. The molecule has 2 aromatic carbocycles. The van der Waals surface area contributed by atoms with Gasteiger partial charge in [-0.25, -0.2) is 0 Å². The Balaban J connectivity index is 1.88. The van der Waals surface area contributed by atoms with Crippen LogP contribution in [0.1, 0.15) is 25.3 Å². The van der Waals surface area contributed by atoms with Gasteiger partial charge >= 0.3 is 0 Å². The van der Waals surface area contributed by atoms with Crippen LogP contribution in [0.15, 0.2) is 42.6 Å². The highest BCUT2D eigenvalue weighted by Crippen LogP contribution is 2.60. The summed E-state index contributed by atoms with van der Waals surface area (Å²) in [5, 5.41) is 3.55. The van der Waals surface area contributed by atoms with E-state index in [0.717, 1.165) is 39.0 Å². The van der Waals surface area contributed by atoms with Crippen molar-refractivity contribution in [3.05, 3.63) is 48.2 Å². The fourth-order valence-corrected chi connectivity index (χ4v) is 5.46. The average Bonchev–Trinajstić information content (AvgIpc) is 2.73. The zero-order chi connectivity index (χ0) is 20.1. The first kappa shape index (κ1) is 16.5. The van der Waals surface area contributed by atoms with Crippen molar-refractivity contribution in [3.63, 3.8) is 0 Å². The summed E-state index contributed by atoms with van der Waals surface area (Å²) in [7, 11) is 1.62. The van der Waals surface area contributed by atoms with E-state index in [1.165, 1.54) is 0 Å². The van der Waals surface area contributed by atoms with Gasteiger partial charge in [-0.3, -0.25) is 19.9 Å². The summed E-state index contributed by atoms with van der Waals surface area (Å²) in [4.78, 5) is 32.8. The van der Waals surface area contributed by atoms with Crippen LogP contribution in [0.5, 0.6) is 5.75 Å². The molecule has 0 spiro atoms. The second-order valence-corrected chi connectivity index (χ2v) is 8.18. The minimum Gasteiger partial charge on any atom is -0.494 e. The molecule has 0 unspecified atom stereocenters. The van der Waals surface area contributed by atoms with Crippen molar-refractivity contribution in [2.24, 2.45) is 5.92 Å². The van der Waals surface area contributed by atoms with Gasteiger partial charge in [0.1, 0.15) is 16.8 Å². The van der Waals surface area contributed by atoms with Crippen LogP contribution in [0.2, 0.25) is 0 Å². The molecule has 6 heteroatoms. The van der Waals surface area contributed by atoms with E-state index in [0.29, 0.717) is 5.75 Å². The number of hydrogen-bond donors (Lipinski definition) is 1. The Hall–Kier alpha value is -3.41. The zero-order valence-electron chi connectivity index (χ0n) is 16.3. The molecule has 1 saturated heterocycles. The van der Waals surface area contributed by atoms with Crippen LogP contribution in [-0.4, -0.2) is 29.4 Å². The van der Waals surface area contributed by atoms with Gasteiger partial charge in [-0.1, -0.05) is 25.1 Å². The molecule has 0 radical (unpaired) electrons. The third kappa shape index (κ3) is 1.71. The van der Waals surface area contributed by atoms with Gasteiger partial charge in [0.25, 0.3) is 5.91 Å². The van der Waals surface area contributed by atoms with E-state index in [2.05, 4.69) is 21.3 Å². The quantitative estimate of drug-likeness (QED) is 0.649. The summed E-state index contributed by atoms with van der Waals surface area (Å²) in [6.45, 7) is 3.92. The van der Waals surface area contributed by atoms with Gasteiger partial charge in [-0.15, -0.1) is 0 Å². The van der Waals surface area contributed by atoms with Gasteiger partial charge in [0.15, 0.2) is 0 Å². The highest BCUT2D eigenvalue weighted by atomic mass is 16.5. The van der Waals surface area contributed by atoms with Gasteiger partial charge in [-0.2, -0.15) is 0 Å². The lowest BCUT2D eigenvalue weighted by molar-refractivity contribution is -0.141. The first-order valence-electron chi connectivity index (χ1n) is 9.73. The second-order valence-electron chi connectivity index (χ2n) is 8.18. The smallest absolute Gasteiger partial charge is 0.252 e. The Morgan fingerprint density at radius 3 is 2.76 bits per heavy atom. The molecular formula is C23H19N3O3. The van der Waals surface area contributed by atoms with Gasteiger partial charge in [0, 0.05) is 23.1 Å². The number of carbonyl (C=O) groups is 2. The molecule has 4 heterocycles. The third-order valence-electron chi connectivity index (χ3n) is 7.02. The fourth-order valence-electron chi connectivity index (χ4n) is 5.46. The van der Waals surface area contributed by atoms with Crippen LogP contribution in [0.4, 0.5) is 11.4 Å². The van der Waals surface area contributed by atoms with E-state index in [-0.39, 0.29) is 17.7 Å². The number of methoxy groups -OCH3 is 1. The Kier molecular flexibility index (Phi) is 2.93. The molecule has 0 aliphatic carbocycles. The van der Waals surface area contributed by atoms with Crippen molar-refractivity contribution >= 4 is 34.1 Å². The molecule has 2 bridgehead atoms. The minimum absolute atomic E-state index is 0.204. The number of anilines is 2. The number of hydrogen-bond acceptors (Lipinski definition) is 5. The number of rotatable bonds is 1. The fraction of sp³-hybridized carbons (Fsp3) is 0.261. The van der Waals surface area contributed by atoms with Crippen LogP contribution in [0, 0.1) is 5.92 Å². The normalized spacial score (nSPS) is 26.2.